The lowest BCUT2D eigenvalue weighted by molar-refractivity contribution is -0.387. The normalized spacial score (nSPS) is 10.9. The third-order valence-corrected chi connectivity index (χ3v) is 4.26. The fraction of sp³-hybridized carbons (Fsp3) is 0.133. The summed E-state index contributed by atoms with van der Waals surface area (Å²) in [5.41, 5.74) is 2.05. The molecule has 106 valence electrons. The van der Waals surface area contributed by atoms with Gasteiger partial charge in [-0.05, 0) is 36.9 Å². The number of fused-ring (bicyclic) bond motifs is 1. The first-order valence-corrected chi connectivity index (χ1v) is 7.39. The zero-order valence-electron chi connectivity index (χ0n) is 11.4. The largest absolute Gasteiger partial charge is 0.319 e. The van der Waals surface area contributed by atoms with Crippen LogP contribution in [0.15, 0.2) is 58.6 Å². The van der Waals surface area contributed by atoms with Gasteiger partial charge >= 0.3 is 0 Å². The van der Waals surface area contributed by atoms with E-state index < -0.39 is 0 Å². The summed E-state index contributed by atoms with van der Waals surface area (Å²) in [6, 6.07) is 14.6. The first-order chi connectivity index (χ1) is 10.2. The number of nitro benzene ring substituents is 1. The average Bonchev–Trinajstić information content (AvgIpc) is 2.84. The van der Waals surface area contributed by atoms with Crippen molar-refractivity contribution in [2.45, 2.75) is 23.5 Å². The molecule has 3 rings (SSSR count). The molecule has 0 bridgehead atoms. The lowest BCUT2D eigenvalue weighted by Crippen LogP contribution is -1.97. The van der Waals surface area contributed by atoms with Gasteiger partial charge in [-0.25, -0.2) is 4.98 Å². The summed E-state index contributed by atoms with van der Waals surface area (Å²) in [6.45, 7) is 2.81. The molecule has 5 nitrogen and oxygen atoms in total. The average molecular weight is 299 g/mol. The first-order valence-electron chi connectivity index (χ1n) is 6.57. The molecule has 0 unspecified atom stereocenters. The minimum atomic E-state index is -0.360. The molecule has 0 atom stereocenters. The first kappa shape index (κ1) is 13.6. The van der Waals surface area contributed by atoms with Gasteiger partial charge in [0.05, 0.1) is 20.9 Å². The van der Waals surface area contributed by atoms with Crippen LogP contribution in [-0.2, 0) is 6.54 Å². The fourth-order valence-electron chi connectivity index (χ4n) is 2.23. The van der Waals surface area contributed by atoms with Gasteiger partial charge in [0, 0.05) is 12.6 Å². The molecule has 0 N–H and O–H groups in total. The summed E-state index contributed by atoms with van der Waals surface area (Å²) in [7, 11) is 0. The summed E-state index contributed by atoms with van der Waals surface area (Å²) in [5, 5.41) is 11.9. The van der Waals surface area contributed by atoms with E-state index in [4.69, 9.17) is 0 Å². The highest BCUT2D eigenvalue weighted by atomic mass is 32.2. The Morgan fingerprint density at radius 3 is 2.67 bits per heavy atom. The highest BCUT2D eigenvalue weighted by Crippen LogP contribution is 2.35. The van der Waals surface area contributed by atoms with Crippen molar-refractivity contribution in [3.8, 4) is 0 Å². The van der Waals surface area contributed by atoms with Gasteiger partial charge in [-0.3, -0.25) is 10.1 Å². The molecule has 0 amide bonds. The number of hydrogen-bond acceptors (Lipinski definition) is 4. The summed E-state index contributed by atoms with van der Waals surface area (Å²) in [6.07, 6.45) is 0. The molecule has 0 fully saturated rings. The number of aryl methyl sites for hydroxylation is 1. The van der Waals surface area contributed by atoms with E-state index in [-0.39, 0.29) is 10.6 Å². The lowest BCUT2D eigenvalue weighted by atomic mass is 10.3. The van der Waals surface area contributed by atoms with Gasteiger partial charge in [0.25, 0.3) is 5.69 Å². The molecular weight excluding hydrogens is 286 g/mol. The summed E-state index contributed by atoms with van der Waals surface area (Å²) in [5.74, 6) is 0. The van der Waals surface area contributed by atoms with Crippen molar-refractivity contribution in [1.29, 1.82) is 0 Å². The highest BCUT2D eigenvalue weighted by Gasteiger charge is 2.17. The number of nitro groups is 1. The number of rotatable bonds is 4. The van der Waals surface area contributed by atoms with Crippen LogP contribution in [0.25, 0.3) is 11.0 Å². The Morgan fingerprint density at radius 2 is 1.90 bits per heavy atom. The van der Waals surface area contributed by atoms with Crippen LogP contribution >= 0.6 is 11.8 Å². The number of imidazole rings is 1. The Labute approximate surface area is 125 Å². The molecule has 21 heavy (non-hydrogen) atoms. The molecule has 0 radical (unpaired) electrons. The van der Waals surface area contributed by atoms with Gasteiger partial charge in [-0.1, -0.05) is 24.3 Å². The quantitative estimate of drug-likeness (QED) is 0.537. The smallest absolute Gasteiger partial charge is 0.283 e. The van der Waals surface area contributed by atoms with Crippen LogP contribution in [0.1, 0.15) is 6.92 Å². The van der Waals surface area contributed by atoms with Gasteiger partial charge in [0.15, 0.2) is 5.16 Å². The molecule has 1 heterocycles. The lowest BCUT2D eigenvalue weighted by Gasteiger charge is -2.05. The predicted octanol–water partition coefficient (Wildman–Crippen LogP) is 4.12. The van der Waals surface area contributed by atoms with Crippen molar-refractivity contribution in [1.82, 2.24) is 9.55 Å². The van der Waals surface area contributed by atoms with E-state index in [1.165, 1.54) is 17.8 Å². The summed E-state index contributed by atoms with van der Waals surface area (Å²) < 4.78 is 2.07. The highest BCUT2D eigenvalue weighted by molar-refractivity contribution is 7.99. The molecule has 2 aromatic carbocycles. The molecule has 0 saturated carbocycles. The SMILES string of the molecule is CCn1c(Sc2ccccc2[N+](=O)[O-])nc2ccccc21. The molecule has 0 spiro atoms. The zero-order valence-corrected chi connectivity index (χ0v) is 12.2. The molecule has 0 aliphatic carbocycles. The van der Waals surface area contributed by atoms with Crippen LogP contribution < -0.4 is 0 Å². The molecule has 1 aromatic heterocycles. The number of benzene rings is 2. The number of aromatic nitrogens is 2. The number of hydrogen-bond donors (Lipinski definition) is 0. The maximum atomic E-state index is 11.1. The third-order valence-electron chi connectivity index (χ3n) is 3.20. The van der Waals surface area contributed by atoms with Crippen molar-refractivity contribution in [3.63, 3.8) is 0 Å². The summed E-state index contributed by atoms with van der Waals surface area (Å²) >= 11 is 1.33. The van der Waals surface area contributed by atoms with E-state index in [1.54, 1.807) is 18.2 Å². The third kappa shape index (κ3) is 2.50. The molecule has 0 aliphatic heterocycles. The molecule has 0 saturated heterocycles. The van der Waals surface area contributed by atoms with Gasteiger partial charge in [0.1, 0.15) is 0 Å². The number of para-hydroxylation sites is 3. The standard InChI is InChI=1S/C15H13N3O2S/c1-2-17-12-8-4-3-7-11(12)16-15(17)21-14-10-6-5-9-13(14)18(19)20/h3-10H,2H2,1H3. The molecular formula is C15H13N3O2S. The van der Waals surface area contributed by atoms with Crippen molar-refractivity contribution in [2.75, 3.05) is 0 Å². The van der Waals surface area contributed by atoms with Gasteiger partial charge < -0.3 is 4.57 Å². The van der Waals surface area contributed by atoms with E-state index in [9.17, 15) is 10.1 Å². The van der Waals surface area contributed by atoms with Crippen molar-refractivity contribution < 1.29 is 4.92 Å². The van der Waals surface area contributed by atoms with E-state index in [0.717, 1.165) is 22.7 Å². The minimum Gasteiger partial charge on any atom is -0.319 e. The van der Waals surface area contributed by atoms with Crippen LogP contribution in [0.4, 0.5) is 5.69 Å². The van der Waals surface area contributed by atoms with Crippen LogP contribution in [0.2, 0.25) is 0 Å². The van der Waals surface area contributed by atoms with Crippen LogP contribution in [0, 0.1) is 10.1 Å². The molecule has 6 heteroatoms. The van der Waals surface area contributed by atoms with E-state index in [1.807, 2.05) is 31.2 Å². The second kappa shape index (κ2) is 5.57. The Balaban J connectivity index is 2.08. The maximum absolute atomic E-state index is 11.1. The van der Waals surface area contributed by atoms with Gasteiger partial charge in [-0.2, -0.15) is 0 Å². The Hall–Kier alpha value is -2.34. The van der Waals surface area contributed by atoms with E-state index in [0.29, 0.717) is 4.90 Å². The maximum Gasteiger partial charge on any atom is 0.283 e. The Kier molecular flexibility index (Phi) is 3.62. The summed E-state index contributed by atoms with van der Waals surface area (Å²) in [4.78, 5) is 15.9. The van der Waals surface area contributed by atoms with Crippen molar-refractivity contribution >= 4 is 28.5 Å². The van der Waals surface area contributed by atoms with E-state index >= 15 is 0 Å². The second-order valence-electron chi connectivity index (χ2n) is 4.45. The molecule has 3 aromatic rings. The minimum absolute atomic E-state index is 0.109. The monoisotopic (exact) mass is 299 g/mol. The molecule has 0 aliphatic rings. The van der Waals surface area contributed by atoms with Crippen LogP contribution in [0.3, 0.4) is 0 Å². The van der Waals surface area contributed by atoms with Crippen molar-refractivity contribution in [2.24, 2.45) is 0 Å². The van der Waals surface area contributed by atoms with Crippen molar-refractivity contribution in [3.05, 3.63) is 58.6 Å². The van der Waals surface area contributed by atoms with E-state index in [2.05, 4.69) is 9.55 Å². The Morgan fingerprint density at radius 1 is 1.19 bits per heavy atom. The van der Waals surface area contributed by atoms with Gasteiger partial charge in [-0.15, -0.1) is 0 Å². The zero-order chi connectivity index (χ0) is 14.8. The predicted molar refractivity (Wildman–Crippen MR) is 82.6 cm³/mol. The van der Waals surface area contributed by atoms with Gasteiger partial charge in [0.2, 0.25) is 0 Å². The second-order valence-corrected chi connectivity index (χ2v) is 5.46. The fourth-order valence-corrected chi connectivity index (χ4v) is 3.30. The van der Waals surface area contributed by atoms with Crippen LogP contribution in [-0.4, -0.2) is 14.5 Å². The van der Waals surface area contributed by atoms with Crippen LogP contribution in [0.5, 0.6) is 0 Å². The Bertz CT molecular complexity index is 814. The topological polar surface area (TPSA) is 61.0 Å². The number of nitrogens with zero attached hydrogens (tertiary/aromatic N) is 3.